The van der Waals surface area contributed by atoms with Crippen molar-refractivity contribution in [2.24, 2.45) is 0 Å². The number of hydrogen-bond acceptors (Lipinski definition) is 4. The van der Waals surface area contributed by atoms with Crippen LogP contribution in [0.5, 0.6) is 0 Å². The van der Waals surface area contributed by atoms with Crippen molar-refractivity contribution >= 4 is 0 Å². The average Bonchev–Trinajstić information content (AvgIpc) is 3.06. The lowest BCUT2D eigenvalue weighted by Crippen LogP contribution is -2.20. The molecule has 8 heteroatoms. The number of rotatable bonds is 5. The van der Waals surface area contributed by atoms with Crippen LogP contribution in [0.4, 0.5) is 13.2 Å². The van der Waals surface area contributed by atoms with Gasteiger partial charge in [0.2, 0.25) is 0 Å². The molecule has 0 spiro atoms. The molecule has 1 aromatic carbocycles. The summed E-state index contributed by atoms with van der Waals surface area (Å²) < 4.78 is 43.0. The molecule has 5 nitrogen and oxygen atoms in total. The van der Waals surface area contributed by atoms with Crippen LogP contribution in [0.3, 0.4) is 0 Å². The highest BCUT2D eigenvalue weighted by atomic mass is 19.1. The van der Waals surface area contributed by atoms with Gasteiger partial charge in [-0.3, -0.25) is 4.68 Å². The van der Waals surface area contributed by atoms with E-state index in [1.807, 2.05) is 0 Å². The Morgan fingerprint density at radius 2 is 1.96 bits per heavy atom. The Morgan fingerprint density at radius 1 is 1.12 bits per heavy atom. The van der Waals surface area contributed by atoms with Gasteiger partial charge < -0.3 is 0 Å². The molecule has 0 amide bonds. The van der Waals surface area contributed by atoms with E-state index >= 15 is 0 Å². The van der Waals surface area contributed by atoms with E-state index in [9.17, 15) is 13.2 Å². The minimum atomic E-state index is -0.730. The molecule has 3 rings (SSSR count). The van der Waals surface area contributed by atoms with E-state index in [4.69, 9.17) is 0 Å². The Labute approximate surface area is 136 Å². The van der Waals surface area contributed by atoms with E-state index in [0.29, 0.717) is 5.92 Å². The summed E-state index contributed by atoms with van der Waals surface area (Å²) in [6.45, 7) is 1.85. The second kappa shape index (κ2) is 6.77. The van der Waals surface area contributed by atoms with Gasteiger partial charge >= 0.3 is 0 Å². The van der Waals surface area contributed by atoms with Crippen LogP contribution in [0.15, 0.2) is 43.4 Å². The molecule has 0 N–H and O–H groups in total. The maximum absolute atomic E-state index is 14.3. The largest absolute Gasteiger partial charge is 0.252 e. The molecule has 0 aliphatic heterocycles. The van der Waals surface area contributed by atoms with Crippen molar-refractivity contribution in [3.05, 3.63) is 78.0 Å². The molecule has 0 bridgehead atoms. The second-order valence-electron chi connectivity index (χ2n) is 5.22. The minimum absolute atomic E-state index is 0.129. The first-order valence-corrected chi connectivity index (χ1v) is 7.15. The van der Waals surface area contributed by atoms with Crippen molar-refractivity contribution < 1.29 is 13.2 Å². The lowest BCUT2D eigenvalue weighted by atomic mass is 9.84. The van der Waals surface area contributed by atoms with Crippen LogP contribution >= 0.6 is 0 Å². The summed E-state index contributed by atoms with van der Waals surface area (Å²) in [6, 6.07) is 3.27. The molecule has 1 radical (unpaired) electrons. The van der Waals surface area contributed by atoms with E-state index in [1.54, 1.807) is 6.92 Å². The Morgan fingerprint density at radius 3 is 2.62 bits per heavy atom. The Kier molecular flexibility index (Phi) is 4.54. The maximum atomic E-state index is 14.3. The van der Waals surface area contributed by atoms with Gasteiger partial charge in [0.25, 0.3) is 0 Å². The van der Waals surface area contributed by atoms with Gasteiger partial charge in [-0.1, -0.05) is 13.0 Å². The van der Waals surface area contributed by atoms with Crippen LogP contribution in [-0.4, -0.2) is 24.7 Å². The number of halogens is 3. The zero-order chi connectivity index (χ0) is 17.1. The van der Waals surface area contributed by atoms with Crippen molar-refractivity contribution in [1.82, 2.24) is 24.7 Å². The molecule has 0 saturated heterocycles. The van der Waals surface area contributed by atoms with E-state index in [1.165, 1.54) is 29.7 Å². The highest BCUT2D eigenvalue weighted by Crippen LogP contribution is 2.34. The van der Waals surface area contributed by atoms with E-state index in [0.717, 1.165) is 18.3 Å². The molecular weight excluding hydrogens is 319 g/mol. The summed E-state index contributed by atoms with van der Waals surface area (Å²) in [5, 5.41) is 3.99. The van der Waals surface area contributed by atoms with Gasteiger partial charge in [0.15, 0.2) is 5.82 Å². The average molecular weight is 332 g/mol. The summed E-state index contributed by atoms with van der Waals surface area (Å²) >= 11 is 0. The predicted molar refractivity (Wildman–Crippen MR) is 79.1 cm³/mol. The van der Waals surface area contributed by atoms with E-state index in [-0.39, 0.29) is 17.8 Å². The van der Waals surface area contributed by atoms with Crippen LogP contribution in [0.25, 0.3) is 0 Å². The third-order valence-corrected chi connectivity index (χ3v) is 3.70. The van der Waals surface area contributed by atoms with Gasteiger partial charge in [-0.15, -0.1) is 0 Å². The number of hydrogen-bond donors (Lipinski definition) is 0. The molecule has 2 aromatic heterocycles. The molecule has 0 saturated carbocycles. The summed E-state index contributed by atoms with van der Waals surface area (Å²) in [5.74, 6) is -2.08. The van der Waals surface area contributed by atoms with Crippen molar-refractivity contribution in [1.29, 1.82) is 0 Å². The fourth-order valence-electron chi connectivity index (χ4n) is 2.50. The Hall–Kier alpha value is -2.77. The molecule has 0 aliphatic carbocycles. The molecular formula is C16H13F3N5. The van der Waals surface area contributed by atoms with Gasteiger partial charge in [-0.25, -0.2) is 28.1 Å². The topological polar surface area (TPSA) is 56.5 Å². The molecule has 0 fully saturated rings. The molecule has 123 valence electrons. The second-order valence-corrected chi connectivity index (χ2v) is 5.22. The Balaban J connectivity index is 2.03. The zero-order valence-electron chi connectivity index (χ0n) is 12.7. The SMILES string of the molecule is C[C@@H]([C](Cn1cncn1)c1ccc(F)cc1F)c1ncncc1F. The highest BCUT2D eigenvalue weighted by Gasteiger charge is 2.28. The normalized spacial score (nSPS) is 12.5. The highest BCUT2D eigenvalue weighted by molar-refractivity contribution is 5.38. The summed E-state index contributed by atoms with van der Waals surface area (Å²) in [6.07, 6.45) is 5.08. The third kappa shape index (κ3) is 3.27. The van der Waals surface area contributed by atoms with Crippen LogP contribution in [-0.2, 0) is 6.54 Å². The molecule has 1 atom stereocenters. The smallest absolute Gasteiger partial charge is 0.163 e. The number of benzene rings is 1. The van der Waals surface area contributed by atoms with E-state index in [2.05, 4.69) is 20.1 Å². The molecule has 3 aromatic rings. The lowest BCUT2D eigenvalue weighted by molar-refractivity contribution is 0.520. The van der Waals surface area contributed by atoms with Gasteiger partial charge in [0.1, 0.15) is 30.6 Å². The quantitative estimate of drug-likeness (QED) is 0.721. The fraction of sp³-hybridized carbons (Fsp3) is 0.188. The van der Waals surface area contributed by atoms with Crippen molar-refractivity contribution in [3.63, 3.8) is 0 Å². The van der Waals surface area contributed by atoms with Crippen molar-refractivity contribution in [2.45, 2.75) is 19.4 Å². The lowest BCUT2D eigenvalue weighted by Gasteiger charge is -2.24. The monoisotopic (exact) mass is 332 g/mol. The minimum Gasteiger partial charge on any atom is -0.252 e. The van der Waals surface area contributed by atoms with Crippen LogP contribution in [0.2, 0.25) is 0 Å². The Bertz CT molecular complexity index is 822. The molecule has 0 aliphatic rings. The standard InChI is InChI=1S/C16H13F3N5/c1-10(16-15(19)5-20-7-22-16)13(6-24-9-21-8-23-24)12-3-2-11(17)4-14(12)18/h2-5,7-10H,6H2,1H3/t10-/m0/s1. The molecule has 2 heterocycles. The summed E-state index contributed by atoms with van der Waals surface area (Å²) in [7, 11) is 0. The van der Waals surface area contributed by atoms with Crippen LogP contribution < -0.4 is 0 Å². The predicted octanol–water partition coefficient (Wildman–Crippen LogP) is 2.91. The van der Waals surface area contributed by atoms with Gasteiger partial charge in [-0.2, -0.15) is 5.10 Å². The first-order valence-electron chi connectivity index (χ1n) is 7.15. The van der Waals surface area contributed by atoms with E-state index < -0.39 is 23.4 Å². The van der Waals surface area contributed by atoms with Gasteiger partial charge in [0, 0.05) is 17.9 Å². The first kappa shape index (κ1) is 16.1. The molecule has 0 unspecified atom stereocenters. The summed E-state index contributed by atoms with van der Waals surface area (Å²) in [5.41, 5.74) is 0.307. The maximum Gasteiger partial charge on any atom is 0.163 e. The van der Waals surface area contributed by atoms with Crippen molar-refractivity contribution in [2.75, 3.05) is 0 Å². The number of nitrogens with zero attached hydrogens (tertiary/aromatic N) is 5. The van der Waals surface area contributed by atoms with Crippen LogP contribution in [0.1, 0.15) is 24.1 Å². The summed E-state index contributed by atoms with van der Waals surface area (Å²) in [4.78, 5) is 11.4. The van der Waals surface area contributed by atoms with Gasteiger partial charge in [-0.05, 0) is 11.6 Å². The number of aromatic nitrogens is 5. The van der Waals surface area contributed by atoms with Crippen molar-refractivity contribution in [3.8, 4) is 0 Å². The van der Waals surface area contributed by atoms with Gasteiger partial charge in [0.05, 0.1) is 18.4 Å². The molecule has 24 heavy (non-hydrogen) atoms. The first-order chi connectivity index (χ1) is 11.6. The fourth-order valence-corrected chi connectivity index (χ4v) is 2.50. The zero-order valence-corrected chi connectivity index (χ0v) is 12.7. The third-order valence-electron chi connectivity index (χ3n) is 3.70. The van der Waals surface area contributed by atoms with Crippen LogP contribution in [0, 0.1) is 23.4 Å².